The minimum absolute atomic E-state index is 0.0530. The molecule has 1 saturated carbocycles. The van der Waals surface area contributed by atoms with Gasteiger partial charge in [0.25, 0.3) is 0 Å². The average Bonchev–Trinajstić information content (AvgIpc) is 3.30. The summed E-state index contributed by atoms with van der Waals surface area (Å²) in [6, 6.07) is 4.12. The normalized spacial score (nSPS) is 19.8. The maximum absolute atomic E-state index is 13.1. The third kappa shape index (κ3) is 3.61. The first-order valence-corrected chi connectivity index (χ1v) is 9.05. The molecule has 2 aromatic rings. The number of hydrogen-bond acceptors (Lipinski definition) is 4. The third-order valence-electron chi connectivity index (χ3n) is 5.07. The first-order valence-electron chi connectivity index (χ1n) is 9.05. The largest absolute Gasteiger partial charge is 0.338 e. The van der Waals surface area contributed by atoms with Crippen LogP contribution in [0.4, 0.5) is 0 Å². The molecule has 3 heterocycles. The van der Waals surface area contributed by atoms with Crippen LogP contribution in [0.5, 0.6) is 0 Å². The van der Waals surface area contributed by atoms with E-state index in [0.29, 0.717) is 32.1 Å². The molecule has 0 spiro atoms. The van der Waals surface area contributed by atoms with E-state index in [1.54, 1.807) is 28.2 Å². The van der Waals surface area contributed by atoms with Crippen LogP contribution >= 0.6 is 0 Å². The van der Waals surface area contributed by atoms with E-state index in [0.717, 1.165) is 24.0 Å². The van der Waals surface area contributed by atoms with Gasteiger partial charge < -0.3 is 9.80 Å². The van der Waals surface area contributed by atoms with E-state index in [9.17, 15) is 9.59 Å². The molecule has 1 atom stereocenters. The minimum Gasteiger partial charge on any atom is -0.338 e. The number of nitrogens with zero attached hydrogens (tertiary/aromatic N) is 5. The van der Waals surface area contributed by atoms with E-state index in [4.69, 9.17) is 0 Å². The van der Waals surface area contributed by atoms with Crippen LogP contribution in [0.15, 0.2) is 36.9 Å². The monoisotopic (exact) mass is 353 g/mol. The quantitative estimate of drug-likeness (QED) is 0.786. The van der Waals surface area contributed by atoms with E-state index in [2.05, 4.69) is 10.1 Å². The summed E-state index contributed by atoms with van der Waals surface area (Å²) in [6.07, 6.45) is 9.60. The predicted molar refractivity (Wildman–Crippen MR) is 94.5 cm³/mol. The fourth-order valence-corrected chi connectivity index (χ4v) is 3.56. The van der Waals surface area contributed by atoms with Crippen molar-refractivity contribution in [3.8, 4) is 0 Å². The zero-order valence-electron chi connectivity index (χ0n) is 14.9. The minimum atomic E-state index is -0.249. The lowest BCUT2D eigenvalue weighted by Gasteiger charge is -2.25. The van der Waals surface area contributed by atoms with Crippen molar-refractivity contribution in [2.45, 2.75) is 38.4 Å². The third-order valence-corrected chi connectivity index (χ3v) is 5.07. The van der Waals surface area contributed by atoms with Gasteiger partial charge in [0.2, 0.25) is 11.8 Å². The Kier molecular flexibility index (Phi) is 4.44. The maximum Gasteiger partial charge on any atom is 0.228 e. The first-order chi connectivity index (χ1) is 12.6. The highest BCUT2D eigenvalue weighted by Crippen LogP contribution is 2.32. The van der Waals surface area contributed by atoms with Crippen LogP contribution in [0.25, 0.3) is 0 Å². The number of carbonyl (C=O) groups excluding carboxylic acids is 2. The molecule has 1 saturated heterocycles. The molecular weight excluding hydrogens is 330 g/mol. The Hall–Kier alpha value is -2.70. The molecule has 0 N–H and O–H groups in total. The first kappa shape index (κ1) is 16.8. The van der Waals surface area contributed by atoms with Crippen molar-refractivity contribution in [1.82, 2.24) is 24.6 Å². The maximum atomic E-state index is 13.1. The summed E-state index contributed by atoms with van der Waals surface area (Å²) < 4.78 is 1.75. The fraction of sp³-hybridized carbons (Fsp3) is 0.474. The zero-order valence-corrected chi connectivity index (χ0v) is 14.9. The lowest BCUT2D eigenvalue weighted by molar-refractivity contribution is -0.137. The Balaban J connectivity index is 1.42. The Morgan fingerprint density at radius 2 is 2.04 bits per heavy atom. The molecule has 136 valence electrons. The second kappa shape index (κ2) is 6.90. The van der Waals surface area contributed by atoms with Crippen LogP contribution in [-0.4, -0.2) is 49.0 Å². The van der Waals surface area contributed by atoms with Crippen molar-refractivity contribution < 1.29 is 9.59 Å². The van der Waals surface area contributed by atoms with E-state index >= 15 is 0 Å². The Labute approximate surface area is 152 Å². The van der Waals surface area contributed by atoms with Crippen LogP contribution in [0.1, 0.15) is 30.4 Å². The number of aromatic nitrogens is 3. The molecule has 0 aromatic carbocycles. The second-order valence-corrected chi connectivity index (χ2v) is 7.25. The molecule has 26 heavy (non-hydrogen) atoms. The molecule has 0 unspecified atom stereocenters. The second-order valence-electron chi connectivity index (χ2n) is 7.25. The van der Waals surface area contributed by atoms with Gasteiger partial charge in [-0.25, -0.2) is 0 Å². The molecule has 7 nitrogen and oxygen atoms in total. The van der Waals surface area contributed by atoms with Crippen molar-refractivity contribution in [2.24, 2.45) is 13.0 Å². The smallest absolute Gasteiger partial charge is 0.228 e. The van der Waals surface area contributed by atoms with Crippen molar-refractivity contribution in [3.63, 3.8) is 0 Å². The summed E-state index contributed by atoms with van der Waals surface area (Å²) in [7, 11) is 1.87. The summed E-state index contributed by atoms with van der Waals surface area (Å²) in [5, 5.41) is 4.19. The number of amides is 2. The molecule has 2 fully saturated rings. The number of rotatable bonds is 6. The van der Waals surface area contributed by atoms with Crippen LogP contribution in [0.3, 0.4) is 0 Å². The van der Waals surface area contributed by atoms with Crippen LogP contribution in [-0.2, 0) is 29.7 Å². The van der Waals surface area contributed by atoms with Gasteiger partial charge in [-0.1, -0.05) is 0 Å². The molecule has 2 aliphatic rings. The van der Waals surface area contributed by atoms with Crippen LogP contribution in [0, 0.1) is 5.92 Å². The number of aryl methyl sites for hydroxylation is 1. The number of carbonyl (C=O) groups is 2. The fourth-order valence-electron chi connectivity index (χ4n) is 3.56. The SMILES string of the molecule is Cn1cc(CN(C(=O)[C@H]2CC(=O)N(Cc3ccncc3)C2)C2CC2)cn1. The summed E-state index contributed by atoms with van der Waals surface area (Å²) in [5.74, 6) is -0.0965. The summed E-state index contributed by atoms with van der Waals surface area (Å²) in [5.41, 5.74) is 2.07. The Morgan fingerprint density at radius 1 is 1.27 bits per heavy atom. The van der Waals surface area contributed by atoms with Crippen molar-refractivity contribution in [1.29, 1.82) is 0 Å². The van der Waals surface area contributed by atoms with Crippen molar-refractivity contribution >= 4 is 11.8 Å². The summed E-state index contributed by atoms with van der Waals surface area (Å²) in [6.45, 7) is 1.61. The number of pyridine rings is 1. The predicted octanol–water partition coefficient (Wildman–Crippen LogP) is 1.35. The highest BCUT2D eigenvalue weighted by molar-refractivity contribution is 5.89. The highest BCUT2D eigenvalue weighted by atomic mass is 16.2. The molecule has 7 heteroatoms. The van der Waals surface area contributed by atoms with Crippen molar-refractivity contribution in [2.75, 3.05) is 6.54 Å². The van der Waals surface area contributed by atoms with E-state index < -0.39 is 0 Å². The molecule has 1 aliphatic carbocycles. The van der Waals surface area contributed by atoms with Gasteiger partial charge in [-0.05, 0) is 30.5 Å². The van der Waals surface area contributed by atoms with Gasteiger partial charge >= 0.3 is 0 Å². The molecule has 2 amide bonds. The van der Waals surface area contributed by atoms with Gasteiger partial charge in [-0.3, -0.25) is 19.3 Å². The zero-order chi connectivity index (χ0) is 18.1. The lowest BCUT2D eigenvalue weighted by Crippen LogP contribution is -2.38. The molecule has 0 bridgehead atoms. The lowest BCUT2D eigenvalue weighted by atomic mass is 10.1. The summed E-state index contributed by atoms with van der Waals surface area (Å²) >= 11 is 0. The van der Waals surface area contributed by atoms with E-state index in [1.165, 1.54) is 0 Å². The molecule has 2 aromatic heterocycles. The van der Waals surface area contributed by atoms with Gasteiger partial charge in [0.1, 0.15) is 0 Å². The number of likely N-dealkylation sites (tertiary alicyclic amines) is 1. The topological polar surface area (TPSA) is 71.3 Å². The van der Waals surface area contributed by atoms with Crippen LogP contribution in [0.2, 0.25) is 0 Å². The molecule has 0 radical (unpaired) electrons. The molecule has 4 rings (SSSR count). The van der Waals surface area contributed by atoms with Gasteiger partial charge in [0, 0.05) is 63.3 Å². The standard InChI is InChI=1S/C19H23N5O2/c1-22-10-15(9-21-22)12-24(17-2-3-17)19(26)16-8-18(25)23(13-16)11-14-4-6-20-7-5-14/h4-7,9-10,16-17H,2-3,8,11-13H2,1H3/t16-/m0/s1. The van der Waals surface area contributed by atoms with Gasteiger partial charge in [-0.15, -0.1) is 0 Å². The van der Waals surface area contributed by atoms with Gasteiger partial charge in [0.15, 0.2) is 0 Å². The van der Waals surface area contributed by atoms with Gasteiger partial charge in [0.05, 0.1) is 12.1 Å². The molecule has 1 aliphatic heterocycles. The van der Waals surface area contributed by atoms with Gasteiger partial charge in [-0.2, -0.15) is 5.10 Å². The van der Waals surface area contributed by atoms with Crippen molar-refractivity contribution in [3.05, 3.63) is 48.0 Å². The Morgan fingerprint density at radius 3 is 2.69 bits per heavy atom. The van der Waals surface area contributed by atoms with Crippen LogP contribution < -0.4 is 0 Å². The summed E-state index contributed by atoms with van der Waals surface area (Å²) in [4.78, 5) is 33.2. The Bertz CT molecular complexity index is 799. The van der Waals surface area contributed by atoms with E-state index in [1.807, 2.05) is 30.3 Å². The number of hydrogen-bond donors (Lipinski definition) is 0. The highest BCUT2D eigenvalue weighted by Gasteiger charge is 2.41. The van der Waals surface area contributed by atoms with E-state index in [-0.39, 0.29) is 17.7 Å². The average molecular weight is 353 g/mol. The molecular formula is C19H23N5O2.